The molecule has 0 saturated carbocycles. The Hall–Kier alpha value is -4.02. The highest BCUT2D eigenvalue weighted by Crippen LogP contribution is 2.41. The van der Waals surface area contributed by atoms with Gasteiger partial charge in [0, 0.05) is 18.7 Å². The van der Waals surface area contributed by atoms with Crippen LogP contribution >= 0.6 is 0 Å². The number of anilines is 4. The lowest BCUT2D eigenvalue weighted by molar-refractivity contribution is -0.137. The molecule has 4 rings (SSSR count). The van der Waals surface area contributed by atoms with Crippen LogP contribution in [0, 0.1) is 11.3 Å². The minimum absolute atomic E-state index is 0.0239. The van der Waals surface area contributed by atoms with Crippen LogP contribution in [0.4, 0.5) is 22.7 Å². The molecule has 0 aromatic heterocycles. The molecule has 0 spiro atoms. The number of methoxy groups -OCH3 is 1. The zero-order chi connectivity index (χ0) is 23.2. The van der Waals surface area contributed by atoms with Crippen molar-refractivity contribution < 1.29 is 19.4 Å². The molecule has 1 heterocycles. The number of hydrogen-bond acceptors (Lipinski definition) is 6. The van der Waals surface area contributed by atoms with Gasteiger partial charge in [-0.25, -0.2) is 0 Å². The van der Waals surface area contributed by atoms with Gasteiger partial charge in [-0.1, -0.05) is 18.2 Å². The Morgan fingerprint density at radius 3 is 2.70 bits per heavy atom. The maximum Gasteiger partial charge on any atom is 0.304 e. The molecule has 0 fully saturated rings. The first-order chi connectivity index (χ1) is 16.1. The minimum Gasteiger partial charge on any atom is -0.490 e. The van der Waals surface area contributed by atoms with Gasteiger partial charge in [-0.2, -0.15) is 5.26 Å². The molecular weight excluding hydrogens is 418 g/mol. The Kier molecular flexibility index (Phi) is 6.77. The number of nitrogens with one attached hydrogen (secondary N) is 1. The van der Waals surface area contributed by atoms with Crippen molar-refractivity contribution in [3.63, 3.8) is 0 Å². The fraction of sp³-hybridized carbons (Fsp3) is 0.231. The molecule has 1 atom stereocenters. The molecule has 0 aliphatic carbocycles. The van der Waals surface area contributed by atoms with Crippen LogP contribution in [0.5, 0.6) is 5.75 Å². The van der Waals surface area contributed by atoms with Crippen molar-refractivity contribution in [2.45, 2.75) is 12.3 Å². The number of ether oxygens (including phenoxy) is 2. The van der Waals surface area contributed by atoms with E-state index in [9.17, 15) is 9.90 Å². The topological polar surface area (TPSA) is 94.8 Å². The minimum atomic E-state index is -0.871. The Bertz CT molecular complexity index is 1170. The summed E-state index contributed by atoms with van der Waals surface area (Å²) in [7, 11) is 1.57. The summed E-state index contributed by atoms with van der Waals surface area (Å²) in [5.41, 5.74) is 5.04. The Morgan fingerprint density at radius 2 is 1.97 bits per heavy atom. The monoisotopic (exact) mass is 443 g/mol. The standard InChI is InChI=1S/C26H25N3O4/c1-32-17-20(15-26(30)31)19-8-11-23(29-12-13-33-25-5-3-2-4-24(25)29)22(14-19)28-21-9-6-18(16-27)7-10-21/h2-11,14,20,28H,12-13,15,17H2,1H3,(H,30,31)/t20-/m1/s1. The first kappa shape index (κ1) is 22.2. The molecule has 1 aliphatic heterocycles. The lowest BCUT2D eigenvalue weighted by Gasteiger charge is -2.33. The second-order valence-electron chi connectivity index (χ2n) is 7.81. The third-order valence-electron chi connectivity index (χ3n) is 5.59. The van der Waals surface area contributed by atoms with Gasteiger partial charge in [-0.3, -0.25) is 4.79 Å². The molecule has 0 saturated heterocycles. The van der Waals surface area contributed by atoms with Crippen molar-refractivity contribution in [2.75, 3.05) is 37.1 Å². The number of hydrogen-bond donors (Lipinski definition) is 2. The van der Waals surface area contributed by atoms with Gasteiger partial charge in [-0.05, 0) is 54.1 Å². The summed E-state index contributed by atoms with van der Waals surface area (Å²) in [5, 5.41) is 21.9. The van der Waals surface area contributed by atoms with Crippen molar-refractivity contribution in [3.8, 4) is 11.8 Å². The van der Waals surface area contributed by atoms with E-state index in [2.05, 4.69) is 16.3 Å². The van der Waals surface area contributed by atoms with Gasteiger partial charge in [0.25, 0.3) is 0 Å². The van der Waals surface area contributed by atoms with Gasteiger partial charge in [0.15, 0.2) is 0 Å². The number of nitriles is 1. The van der Waals surface area contributed by atoms with E-state index >= 15 is 0 Å². The number of para-hydroxylation sites is 2. The SMILES string of the molecule is COC[C@@H](CC(=O)O)c1ccc(N2CCOc3ccccc32)c(Nc2ccc(C#N)cc2)c1. The molecule has 33 heavy (non-hydrogen) atoms. The summed E-state index contributed by atoms with van der Waals surface area (Å²) in [6.45, 7) is 1.54. The summed E-state index contributed by atoms with van der Waals surface area (Å²) < 4.78 is 11.1. The van der Waals surface area contributed by atoms with Gasteiger partial charge in [0.2, 0.25) is 0 Å². The molecule has 2 N–H and O–H groups in total. The van der Waals surface area contributed by atoms with Crippen molar-refractivity contribution in [1.82, 2.24) is 0 Å². The number of carboxylic acids is 1. The Labute approximate surface area is 192 Å². The molecule has 0 radical (unpaired) electrons. The maximum absolute atomic E-state index is 11.4. The Balaban J connectivity index is 1.77. The van der Waals surface area contributed by atoms with E-state index in [-0.39, 0.29) is 12.3 Å². The normalized spacial score (nSPS) is 13.4. The summed E-state index contributed by atoms with van der Waals surface area (Å²) in [4.78, 5) is 13.6. The number of carbonyl (C=O) groups is 1. The van der Waals surface area contributed by atoms with E-state index in [1.54, 1.807) is 19.2 Å². The number of benzene rings is 3. The molecule has 3 aromatic carbocycles. The predicted octanol–water partition coefficient (Wildman–Crippen LogP) is 5.04. The summed E-state index contributed by atoms with van der Waals surface area (Å²) in [6, 6.07) is 23.2. The summed E-state index contributed by atoms with van der Waals surface area (Å²) >= 11 is 0. The van der Waals surface area contributed by atoms with Crippen LogP contribution in [0.1, 0.15) is 23.5 Å². The van der Waals surface area contributed by atoms with Crippen LogP contribution in [0.25, 0.3) is 0 Å². The number of carboxylic acid groups (broad SMARTS) is 1. The van der Waals surface area contributed by atoms with Crippen molar-refractivity contribution in [1.29, 1.82) is 5.26 Å². The van der Waals surface area contributed by atoms with Crippen LogP contribution < -0.4 is 15.0 Å². The van der Waals surface area contributed by atoms with Crippen LogP contribution in [0.15, 0.2) is 66.7 Å². The predicted molar refractivity (Wildman–Crippen MR) is 127 cm³/mol. The quantitative estimate of drug-likeness (QED) is 0.504. The van der Waals surface area contributed by atoms with Crippen molar-refractivity contribution in [2.24, 2.45) is 0 Å². The second kappa shape index (κ2) is 10.1. The first-order valence-corrected chi connectivity index (χ1v) is 10.7. The van der Waals surface area contributed by atoms with Crippen LogP contribution in [0.3, 0.4) is 0 Å². The number of nitrogens with zero attached hydrogens (tertiary/aromatic N) is 2. The lowest BCUT2D eigenvalue weighted by atomic mass is 9.95. The lowest BCUT2D eigenvalue weighted by Crippen LogP contribution is -2.29. The zero-order valence-corrected chi connectivity index (χ0v) is 18.3. The highest BCUT2D eigenvalue weighted by atomic mass is 16.5. The van der Waals surface area contributed by atoms with E-state index in [1.165, 1.54) is 0 Å². The molecule has 0 bridgehead atoms. The molecule has 7 nitrogen and oxygen atoms in total. The summed E-state index contributed by atoms with van der Waals surface area (Å²) in [5.74, 6) is -0.329. The second-order valence-corrected chi connectivity index (χ2v) is 7.81. The van der Waals surface area contributed by atoms with E-state index in [0.29, 0.717) is 25.3 Å². The van der Waals surface area contributed by atoms with Crippen LogP contribution in [0.2, 0.25) is 0 Å². The van der Waals surface area contributed by atoms with Gasteiger partial charge in [0.1, 0.15) is 12.4 Å². The number of rotatable bonds is 8. The van der Waals surface area contributed by atoms with E-state index in [0.717, 1.165) is 34.1 Å². The maximum atomic E-state index is 11.4. The average molecular weight is 444 g/mol. The van der Waals surface area contributed by atoms with Gasteiger partial charge < -0.3 is 24.8 Å². The number of fused-ring (bicyclic) bond motifs is 1. The molecule has 7 heteroatoms. The molecule has 168 valence electrons. The fourth-order valence-corrected chi connectivity index (χ4v) is 4.03. The summed E-state index contributed by atoms with van der Waals surface area (Å²) in [6.07, 6.45) is -0.0239. The van der Waals surface area contributed by atoms with Crippen LogP contribution in [-0.2, 0) is 9.53 Å². The van der Waals surface area contributed by atoms with E-state index < -0.39 is 5.97 Å². The van der Waals surface area contributed by atoms with E-state index in [1.807, 2.05) is 54.6 Å². The average Bonchev–Trinajstić information content (AvgIpc) is 2.84. The first-order valence-electron chi connectivity index (χ1n) is 10.7. The zero-order valence-electron chi connectivity index (χ0n) is 18.3. The van der Waals surface area contributed by atoms with Gasteiger partial charge >= 0.3 is 5.97 Å². The molecule has 3 aromatic rings. The van der Waals surface area contributed by atoms with Gasteiger partial charge in [-0.15, -0.1) is 0 Å². The van der Waals surface area contributed by atoms with Gasteiger partial charge in [0.05, 0.1) is 48.3 Å². The molecular formula is C26H25N3O4. The van der Waals surface area contributed by atoms with Crippen molar-refractivity contribution in [3.05, 3.63) is 77.9 Å². The third kappa shape index (κ3) is 5.08. The highest BCUT2D eigenvalue weighted by Gasteiger charge is 2.23. The fourth-order valence-electron chi connectivity index (χ4n) is 4.03. The van der Waals surface area contributed by atoms with Crippen LogP contribution in [-0.4, -0.2) is 37.9 Å². The molecule has 0 amide bonds. The third-order valence-corrected chi connectivity index (χ3v) is 5.59. The molecule has 1 aliphatic rings. The van der Waals surface area contributed by atoms with Crippen molar-refractivity contribution >= 4 is 28.7 Å². The largest absolute Gasteiger partial charge is 0.490 e. The van der Waals surface area contributed by atoms with E-state index in [4.69, 9.17) is 14.7 Å². The Morgan fingerprint density at radius 1 is 1.18 bits per heavy atom. The number of aliphatic carboxylic acids is 1. The molecule has 0 unspecified atom stereocenters. The highest BCUT2D eigenvalue weighted by molar-refractivity contribution is 5.83. The smallest absolute Gasteiger partial charge is 0.304 e.